The second-order valence-electron chi connectivity index (χ2n) is 9.36. The molecule has 2 aliphatic heterocycles. The quantitative estimate of drug-likeness (QED) is 0.542. The van der Waals surface area contributed by atoms with E-state index in [1.807, 2.05) is 48.2 Å². The summed E-state index contributed by atoms with van der Waals surface area (Å²) in [5.41, 5.74) is 2.36. The molecule has 1 fully saturated rings. The first-order chi connectivity index (χ1) is 17.6. The maximum absolute atomic E-state index is 13.6. The van der Waals surface area contributed by atoms with Crippen LogP contribution in [0.5, 0.6) is 5.75 Å². The lowest BCUT2D eigenvalue weighted by molar-refractivity contribution is -0.171. The third kappa shape index (κ3) is 6.46. The van der Waals surface area contributed by atoms with Gasteiger partial charge in [-0.2, -0.15) is 0 Å². The van der Waals surface area contributed by atoms with Crippen molar-refractivity contribution in [2.75, 3.05) is 46.5 Å². The normalized spacial score (nSPS) is 22.6. The molecule has 0 radical (unpaired) electrons. The minimum atomic E-state index is -0.544. The number of piperazine rings is 1. The summed E-state index contributed by atoms with van der Waals surface area (Å²) in [6.07, 6.45) is 2.79. The zero-order valence-corrected chi connectivity index (χ0v) is 21.3. The third-order valence-corrected chi connectivity index (χ3v) is 7.03. The van der Waals surface area contributed by atoms with Gasteiger partial charge in [0.25, 0.3) is 5.91 Å². The standard InChI is InChI=1S/C29H38N2O5/c1-3-35-29-25(10-7-19-32)26(23-11-13-24(34-2)14-12-23)20-27(36-29)28(33)31-17-15-30(16-18-31)21-22-8-5-4-6-9-22/h4-6,8-9,11-14,20,25-26,29,32H,3,7,10,15-19,21H2,1-2H3/t25-,26-,29-/m0/s1. The van der Waals surface area contributed by atoms with Crippen molar-refractivity contribution in [1.29, 1.82) is 0 Å². The summed E-state index contributed by atoms with van der Waals surface area (Å²) in [5, 5.41) is 9.48. The number of benzene rings is 2. The highest BCUT2D eigenvalue weighted by molar-refractivity contribution is 5.92. The lowest BCUT2D eigenvalue weighted by atomic mass is 9.80. The average molecular weight is 495 g/mol. The Kier molecular flexibility index (Phi) is 9.39. The summed E-state index contributed by atoms with van der Waals surface area (Å²) in [6.45, 7) is 6.37. The van der Waals surface area contributed by atoms with E-state index in [9.17, 15) is 9.90 Å². The smallest absolute Gasteiger partial charge is 0.288 e. The second-order valence-corrected chi connectivity index (χ2v) is 9.36. The highest BCUT2D eigenvalue weighted by Crippen LogP contribution is 2.40. The number of allylic oxidation sites excluding steroid dienone is 1. The van der Waals surface area contributed by atoms with Gasteiger partial charge in [-0.05, 0) is 49.1 Å². The first kappa shape index (κ1) is 26.2. The Balaban J connectivity index is 1.50. The molecule has 2 heterocycles. The van der Waals surface area contributed by atoms with Gasteiger partial charge in [-0.1, -0.05) is 42.5 Å². The molecule has 1 amide bonds. The summed E-state index contributed by atoms with van der Waals surface area (Å²) in [4.78, 5) is 17.8. The van der Waals surface area contributed by atoms with E-state index in [0.717, 1.165) is 37.4 Å². The monoisotopic (exact) mass is 494 g/mol. The average Bonchev–Trinajstić information content (AvgIpc) is 2.93. The molecule has 2 aliphatic rings. The Labute approximate surface area is 214 Å². The van der Waals surface area contributed by atoms with E-state index in [4.69, 9.17) is 14.2 Å². The zero-order valence-electron chi connectivity index (χ0n) is 21.3. The fourth-order valence-electron chi connectivity index (χ4n) is 5.07. The summed E-state index contributed by atoms with van der Waals surface area (Å²) < 4.78 is 17.5. The van der Waals surface area contributed by atoms with Gasteiger partial charge in [0.15, 0.2) is 5.76 Å². The number of carbonyl (C=O) groups excluding carboxylic acids is 1. The number of rotatable bonds is 10. The fourth-order valence-corrected chi connectivity index (χ4v) is 5.07. The van der Waals surface area contributed by atoms with E-state index in [-0.39, 0.29) is 24.3 Å². The number of aliphatic hydroxyl groups is 1. The molecule has 0 unspecified atom stereocenters. The molecule has 0 aromatic heterocycles. The van der Waals surface area contributed by atoms with Gasteiger partial charge in [-0.15, -0.1) is 0 Å². The minimum Gasteiger partial charge on any atom is -0.497 e. The van der Waals surface area contributed by atoms with Crippen LogP contribution in [0.1, 0.15) is 36.8 Å². The molecule has 194 valence electrons. The number of carbonyl (C=O) groups is 1. The summed E-state index contributed by atoms with van der Waals surface area (Å²) in [7, 11) is 1.65. The molecular formula is C29H38N2O5. The Hall–Kier alpha value is -2.87. The van der Waals surface area contributed by atoms with Crippen LogP contribution >= 0.6 is 0 Å². The first-order valence-electron chi connectivity index (χ1n) is 12.9. The van der Waals surface area contributed by atoms with Crippen LogP contribution in [0.2, 0.25) is 0 Å². The Morgan fingerprint density at radius 2 is 1.78 bits per heavy atom. The molecule has 0 aliphatic carbocycles. The maximum Gasteiger partial charge on any atom is 0.288 e. The number of hydrogen-bond donors (Lipinski definition) is 1. The topological polar surface area (TPSA) is 71.5 Å². The molecule has 3 atom stereocenters. The van der Waals surface area contributed by atoms with Gasteiger partial charge < -0.3 is 24.2 Å². The molecule has 0 spiro atoms. The number of amides is 1. The first-order valence-corrected chi connectivity index (χ1v) is 12.9. The van der Waals surface area contributed by atoms with Crippen molar-refractivity contribution in [2.45, 2.75) is 38.5 Å². The van der Waals surface area contributed by atoms with Crippen molar-refractivity contribution in [3.63, 3.8) is 0 Å². The Morgan fingerprint density at radius 3 is 2.42 bits per heavy atom. The molecule has 2 aromatic carbocycles. The van der Waals surface area contributed by atoms with Crippen molar-refractivity contribution >= 4 is 5.91 Å². The van der Waals surface area contributed by atoms with Gasteiger partial charge in [0.1, 0.15) is 5.75 Å². The van der Waals surface area contributed by atoms with Crippen LogP contribution in [0.3, 0.4) is 0 Å². The highest BCUT2D eigenvalue weighted by atomic mass is 16.7. The van der Waals surface area contributed by atoms with Crippen LogP contribution in [-0.4, -0.2) is 73.6 Å². The predicted molar refractivity (Wildman–Crippen MR) is 138 cm³/mol. The highest BCUT2D eigenvalue weighted by Gasteiger charge is 2.39. The predicted octanol–water partition coefficient (Wildman–Crippen LogP) is 3.79. The van der Waals surface area contributed by atoms with Crippen molar-refractivity contribution < 1.29 is 24.1 Å². The summed E-state index contributed by atoms with van der Waals surface area (Å²) >= 11 is 0. The van der Waals surface area contributed by atoms with Gasteiger partial charge in [-0.25, -0.2) is 0 Å². The summed E-state index contributed by atoms with van der Waals surface area (Å²) in [6, 6.07) is 18.4. The number of nitrogens with zero attached hydrogens (tertiary/aromatic N) is 2. The van der Waals surface area contributed by atoms with E-state index < -0.39 is 6.29 Å². The molecule has 0 bridgehead atoms. The Bertz CT molecular complexity index is 986. The molecule has 1 N–H and O–H groups in total. The van der Waals surface area contributed by atoms with Crippen LogP contribution in [0.4, 0.5) is 0 Å². The third-order valence-electron chi connectivity index (χ3n) is 7.03. The molecule has 36 heavy (non-hydrogen) atoms. The van der Waals surface area contributed by atoms with E-state index >= 15 is 0 Å². The van der Waals surface area contributed by atoms with Gasteiger partial charge >= 0.3 is 0 Å². The van der Waals surface area contributed by atoms with Crippen LogP contribution in [0, 0.1) is 5.92 Å². The molecule has 7 heteroatoms. The van der Waals surface area contributed by atoms with Gasteiger partial charge in [0.2, 0.25) is 6.29 Å². The minimum absolute atomic E-state index is 0.00948. The van der Waals surface area contributed by atoms with Crippen molar-refractivity contribution in [3.8, 4) is 5.75 Å². The molecule has 2 aromatic rings. The molecule has 7 nitrogen and oxygen atoms in total. The largest absolute Gasteiger partial charge is 0.497 e. The van der Waals surface area contributed by atoms with Gasteiger partial charge in [-0.3, -0.25) is 9.69 Å². The zero-order chi connectivity index (χ0) is 25.3. The Morgan fingerprint density at radius 1 is 1.06 bits per heavy atom. The van der Waals surface area contributed by atoms with Crippen molar-refractivity contribution in [3.05, 3.63) is 77.6 Å². The van der Waals surface area contributed by atoms with Crippen molar-refractivity contribution in [1.82, 2.24) is 9.80 Å². The van der Waals surface area contributed by atoms with Crippen LogP contribution < -0.4 is 4.74 Å². The molecule has 1 saturated heterocycles. The van der Waals surface area contributed by atoms with Crippen LogP contribution in [-0.2, 0) is 20.8 Å². The lowest BCUT2D eigenvalue weighted by Gasteiger charge is -2.39. The van der Waals surface area contributed by atoms with Gasteiger partial charge in [0, 0.05) is 57.8 Å². The van der Waals surface area contributed by atoms with Crippen LogP contribution in [0.15, 0.2) is 66.4 Å². The molecule has 4 rings (SSSR count). The SMILES string of the molecule is CCO[C@H]1OC(C(=O)N2CCN(Cc3ccccc3)CC2)=C[C@@H](c2ccc(OC)cc2)[C@@H]1CCCO. The van der Waals surface area contributed by atoms with Crippen LogP contribution in [0.25, 0.3) is 0 Å². The number of methoxy groups -OCH3 is 1. The number of aliphatic hydroxyl groups excluding tert-OH is 1. The second kappa shape index (κ2) is 12.9. The molecular weight excluding hydrogens is 456 g/mol. The fraction of sp³-hybridized carbons (Fsp3) is 0.483. The summed E-state index contributed by atoms with van der Waals surface area (Å²) in [5.74, 6) is 0.979. The number of ether oxygens (including phenoxy) is 3. The molecule has 0 saturated carbocycles. The maximum atomic E-state index is 13.6. The van der Waals surface area contributed by atoms with Crippen molar-refractivity contribution in [2.24, 2.45) is 5.92 Å². The van der Waals surface area contributed by atoms with E-state index in [1.54, 1.807) is 7.11 Å². The van der Waals surface area contributed by atoms with Gasteiger partial charge in [0.05, 0.1) is 7.11 Å². The van der Waals surface area contributed by atoms with E-state index in [0.29, 0.717) is 31.9 Å². The van der Waals surface area contributed by atoms with E-state index in [1.165, 1.54) is 5.56 Å². The van der Waals surface area contributed by atoms with E-state index in [2.05, 4.69) is 29.2 Å². The lowest BCUT2D eigenvalue weighted by Crippen LogP contribution is -2.49. The number of hydrogen-bond acceptors (Lipinski definition) is 6.